The maximum absolute atomic E-state index is 12.6. The van der Waals surface area contributed by atoms with Crippen molar-refractivity contribution in [1.82, 2.24) is 9.55 Å². The molecule has 2 heterocycles. The van der Waals surface area contributed by atoms with Crippen molar-refractivity contribution in [3.63, 3.8) is 0 Å². The first-order chi connectivity index (χ1) is 14.8. The molecule has 158 valence electrons. The van der Waals surface area contributed by atoms with E-state index in [1.165, 1.54) is 26.0 Å². The van der Waals surface area contributed by atoms with Crippen LogP contribution in [-0.2, 0) is 22.5 Å². The molecule has 1 aliphatic rings. The Morgan fingerprint density at radius 2 is 1.94 bits per heavy atom. The molecule has 0 fully saturated rings. The molecule has 0 aliphatic carbocycles. The number of nitrogens with zero attached hydrogens (tertiary/aromatic N) is 2. The lowest BCUT2D eigenvalue weighted by molar-refractivity contribution is -0.123. The second kappa shape index (κ2) is 8.14. The van der Waals surface area contributed by atoms with Gasteiger partial charge in [0.2, 0.25) is 0 Å². The predicted molar refractivity (Wildman–Crippen MR) is 114 cm³/mol. The summed E-state index contributed by atoms with van der Waals surface area (Å²) in [5, 5.41) is 3.08. The summed E-state index contributed by atoms with van der Waals surface area (Å²) in [4.78, 5) is 53.5. The zero-order chi connectivity index (χ0) is 22.1. The fraction of sp³-hybridized carbons (Fsp3) is 0.261. The summed E-state index contributed by atoms with van der Waals surface area (Å²) in [6, 6.07) is 11.1. The van der Waals surface area contributed by atoms with Crippen molar-refractivity contribution in [3.05, 3.63) is 69.8 Å². The number of benzene rings is 2. The van der Waals surface area contributed by atoms with Crippen LogP contribution in [-0.4, -0.2) is 33.3 Å². The van der Waals surface area contributed by atoms with Crippen molar-refractivity contribution in [1.29, 1.82) is 0 Å². The molecule has 1 atom stereocenters. The Bertz CT molecular complexity index is 1280. The van der Waals surface area contributed by atoms with Gasteiger partial charge in [-0.3, -0.25) is 19.0 Å². The van der Waals surface area contributed by atoms with Gasteiger partial charge in [0.15, 0.2) is 11.9 Å². The number of carbonyl (C=O) groups excluding carboxylic acids is 3. The topological polar surface area (TPSA) is 107 Å². The zero-order valence-corrected chi connectivity index (χ0v) is 17.2. The molecule has 31 heavy (non-hydrogen) atoms. The summed E-state index contributed by atoms with van der Waals surface area (Å²) in [5.41, 5.74) is 1.43. The fourth-order valence-electron chi connectivity index (χ4n) is 3.55. The summed E-state index contributed by atoms with van der Waals surface area (Å²) in [7, 11) is 0. The molecule has 1 N–H and O–H groups in total. The molecule has 0 spiro atoms. The third kappa shape index (κ3) is 4.09. The van der Waals surface area contributed by atoms with Crippen molar-refractivity contribution < 1.29 is 19.1 Å². The van der Waals surface area contributed by atoms with Crippen LogP contribution in [0.5, 0.6) is 0 Å². The first-order valence-electron chi connectivity index (χ1n) is 10.00. The normalized spacial score (nSPS) is 13.5. The first-order valence-corrected chi connectivity index (χ1v) is 10.00. The van der Waals surface area contributed by atoms with Crippen LogP contribution in [0, 0.1) is 0 Å². The van der Waals surface area contributed by atoms with Gasteiger partial charge in [0, 0.05) is 24.2 Å². The maximum atomic E-state index is 12.6. The Hall–Kier alpha value is -3.81. The fourth-order valence-corrected chi connectivity index (χ4v) is 3.55. The van der Waals surface area contributed by atoms with Crippen LogP contribution in [0.2, 0.25) is 0 Å². The number of aryl methyl sites for hydroxylation is 1. The largest absolute Gasteiger partial charge is 0.449 e. The Kier molecular flexibility index (Phi) is 5.37. The number of esters is 1. The van der Waals surface area contributed by atoms with Crippen LogP contribution in [0.4, 0.5) is 5.69 Å². The number of fused-ring (bicyclic) bond motifs is 2. The third-order valence-corrected chi connectivity index (χ3v) is 5.24. The van der Waals surface area contributed by atoms with Gasteiger partial charge in [0.25, 0.3) is 11.5 Å². The monoisotopic (exact) mass is 419 g/mol. The van der Waals surface area contributed by atoms with Gasteiger partial charge in [-0.05, 0) is 50.6 Å². The predicted octanol–water partition coefficient (Wildman–Crippen LogP) is 2.73. The van der Waals surface area contributed by atoms with Gasteiger partial charge in [-0.15, -0.1) is 0 Å². The molecule has 1 aromatic heterocycles. The Labute approximate surface area is 177 Å². The first kappa shape index (κ1) is 20.5. The van der Waals surface area contributed by atoms with E-state index < -0.39 is 18.0 Å². The molecule has 1 amide bonds. The molecule has 3 aromatic rings. The highest BCUT2D eigenvalue weighted by Crippen LogP contribution is 2.17. The number of ether oxygens (including phenoxy) is 1. The minimum absolute atomic E-state index is 0.113. The number of nitrogens with one attached hydrogen (secondary N) is 1. The SMILES string of the molecule is CC(=O)c1cccc(NC(=O)[C@H](C)OC(=O)c2ccc3c(=O)n4c(nc3c2)CCC4)c1. The van der Waals surface area contributed by atoms with Crippen LogP contribution in [0.25, 0.3) is 10.9 Å². The van der Waals surface area contributed by atoms with Crippen molar-refractivity contribution in [2.75, 3.05) is 5.32 Å². The number of ketones is 1. The van der Waals surface area contributed by atoms with Crippen LogP contribution in [0.3, 0.4) is 0 Å². The van der Waals surface area contributed by atoms with Crippen LogP contribution >= 0.6 is 0 Å². The molecular weight excluding hydrogens is 398 g/mol. The standard InChI is InChI=1S/C23H21N3O5/c1-13(27)15-5-3-6-17(11-15)24-21(28)14(2)31-23(30)16-8-9-18-19(12-16)25-20-7-4-10-26(20)22(18)29/h3,5-6,8-9,11-12,14H,4,7,10H2,1-2H3,(H,24,28)/t14-/m0/s1. The van der Waals surface area contributed by atoms with Gasteiger partial charge in [-0.1, -0.05) is 12.1 Å². The summed E-state index contributed by atoms with van der Waals surface area (Å²) in [5.74, 6) is -0.622. The summed E-state index contributed by atoms with van der Waals surface area (Å²) >= 11 is 0. The highest BCUT2D eigenvalue weighted by atomic mass is 16.5. The molecule has 8 nitrogen and oxygen atoms in total. The van der Waals surface area contributed by atoms with E-state index in [0.29, 0.717) is 34.5 Å². The Morgan fingerprint density at radius 1 is 1.13 bits per heavy atom. The average Bonchev–Trinajstić information content (AvgIpc) is 3.22. The lowest BCUT2D eigenvalue weighted by Gasteiger charge is -2.14. The molecule has 0 bridgehead atoms. The number of hydrogen-bond acceptors (Lipinski definition) is 6. The van der Waals surface area contributed by atoms with Crippen LogP contribution in [0.15, 0.2) is 47.3 Å². The van der Waals surface area contributed by atoms with Crippen molar-refractivity contribution >= 4 is 34.3 Å². The molecule has 8 heteroatoms. The molecular formula is C23H21N3O5. The maximum Gasteiger partial charge on any atom is 0.338 e. The Balaban J connectivity index is 1.48. The van der Waals surface area contributed by atoms with E-state index in [0.717, 1.165) is 12.8 Å². The van der Waals surface area contributed by atoms with Gasteiger partial charge in [0.05, 0.1) is 16.5 Å². The van der Waals surface area contributed by atoms with E-state index in [1.54, 1.807) is 34.9 Å². The molecule has 0 unspecified atom stereocenters. The van der Waals surface area contributed by atoms with E-state index in [9.17, 15) is 19.2 Å². The van der Waals surface area contributed by atoms with Crippen LogP contribution < -0.4 is 10.9 Å². The lowest BCUT2D eigenvalue weighted by atomic mass is 10.1. The molecule has 1 aliphatic heterocycles. The van der Waals surface area contributed by atoms with E-state index in [1.807, 2.05) is 0 Å². The third-order valence-electron chi connectivity index (χ3n) is 5.24. The van der Waals surface area contributed by atoms with E-state index in [2.05, 4.69) is 10.3 Å². The van der Waals surface area contributed by atoms with E-state index >= 15 is 0 Å². The van der Waals surface area contributed by atoms with Gasteiger partial charge in [-0.25, -0.2) is 9.78 Å². The number of hydrogen-bond donors (Lipinski definition) is 1. The quantitative estimate of drug-likeness (QED) is 0.503. The molecule has 2 aromatic carbocycles. The van der Waals surface area contributed by atoms with Crippen molar-refractivity contribution in [2.45, 2.75) is 39.3 Å². The van der Waals surface area contributed by atoms with Crippen LogP contribution in [0.1, 0.15) is 46.8 Å². The number of amides is 1. The van der Waals surface area contributed by atoms with Gasteiger partial charge in [0.1, 0.15) is 5.82 Å². The zero-order valence-electron chi connectivity index (χ0n) is 17.2. The van der Waals surface area contributed by atoms with Gasteiger partial charge in [-0.2, -0.15) is 0 Å². The average molecular weight is 419 g/mol. The molecule has 0 saturated carbocycles. The number of aromatic nitrogens is 2. The summed E-state index contributed by atoms with van der Waals surface area (Å²) < 4.78 is 6.95. The van der Waals surface area contributed by atoms with Gasteiger partial charge >= 0.3 is 5.97 Å². The Morgan fingerprint density at radius 3 is 2.71 bits per heavy atom. The van der Waals surface area contributed by atoms with Crippen molar-refractivity contribution in [3.8, 4) is 0 Å². The number of anilines is 1. The molecule has 0 radical (unpaired) electrons. The number of rotatable bonds is 5. The number of Topliss-reactive ketones (excluding diaryl/α,β-unsaturated/α-hetero) is 1. The minimum atomic E-state index is -1.07. The highest BCUT2D eigenvalue weighted by Gasteiger charge is 2.21. The summed E-state index contributed by atoms with van der Waals surface area (Å²) in [6.45, 7) is 3.55. The molecule has 0 saturated heterocycles. The van der Waals surface area contributed by atoms with Gasteiger partial charge < -0.3 is 10.1 Å². The smallest absolute Gasteiger partial charge is 0.338 e. The summed E-state index contributed by atoms with van der Waals surface area (Å²) in [6.07, 6.45) is 0.528. The van der Waals surface area contributed by atoms with E-state index in [4.69, 9.17) is 4.74 Å². The second-order valence-corrected chi connectivity index (χ2v) is 7.49. The second-order valence-electron chi connectivity index (χ2n) is 7.49. The van der Waals surface area contributed by atoms with Crippen molar-refractivity contribution in [2.24, 2.45) is 0 Å². The minimum Gasteiger partial charge on any atom is -0.449 e. The number of carbonyl (C=O) groups is 3. The molecule has 4 rings (SSSR count). The lowest BCUT2D eigenvalue weighted by Crippen LogP contribution is -2.30. The van der Waals surface area contributed by atoms with E-state index in [-0.39, 0.29) is 16.9 Å². The highest BCUT2D eigenvalue weighted by molar-refractivity contribution is 6.00.